The van der Waals surface area contributed by atoms with Crippen LogP contribution in [-0.2, 0) is 0 Å². The number of piperazine rings is 1. The van der Waals surface area contributed by atoms with Crippen molar-refractivity contribution in [1.29, 1.82) is 0 Å². The van der Waals surface area contributed by atoms with Crippen LogP contribution >= 0.6 is 0 Å². The molecule has 0 aromatic carbocycles. The third-order valence-corrected chi connectivity index (χ3v) is 4.79. The van der Waals surface area contributed by atoms with Crippen LogP contribution in [0, 0.1) is 0 Å². The van der Waals surface area contributed by atoms with Crippen molar-refractivity contribution >= 4 is 0 Å². The van der Waals surface area contributed by atoms with E-state index in [4.69, 9.17) is 5.73 Å². The molecule has 2 saturated heterocycles. The first-order chi connectivity index (χ1) is 8.20. The average Bonchev–Trinajstić information content (AvgIpc) is 2.40. The summed E-state index contributed by atoms with van der Waals surface area (Å²) in [6.07, 6.45) is 2.50. The van der Waals surface area contributed by atoms with Gasteiger partial charge in [0.25, 0.3) is 0 Å². The van der Waals surface area contributed by atoms with Gasteiger partial charge in [0.2, 0.25) is 0 Å². The Labute approximate surface area is 106 Å². The van der Waals surface area contributed by atoms with Crippen LogP contribution in [0.4, 0.5) is 0 Å². The highest BCUT2D eigenvalue weighted by Crippen LogP contribution is 2.28. The molecule has 17 heavy (non-hydrogen) atoms. The molecule has 2 N–H and O–H groups in total. The lowest BCUT2D eigenvalue weighted by atomic mass is 9.85. The Bertz CT molecular complexity index is 228. The van der Waals surface area contributed by atoms with Crippen LogP contribution in [0.3, 0.4) is 0 Å². The summed E-state index contributed by atoms with van der Waals surface area (Å²) < 4.78 is 0. The van der Waals surface area contributed by atoms with Gasteiger partial charge in [-0.05, 0) is 39.5 Å². The number of rotatable bonds is 3. The van der Waals surface area contributed by atoms with Gasteiger partial charge in [-0.3, -0.25) is 4.90 Å². The minimum absolute atomic E-state index is 0.299. The minimum atomic E-state index is 0.299. The summed E-state index contributed by atoms with van der Waals surface area (Å²) >= 11 is 0. The van der Waals surface area contributed by atoms with Crippen molar-refractivity contribution < 1.29 is 0 Å². The van der Waals surface area contributed by atoms with Gasteiger partial charge in [0, 0.05) is 38.3 Å². The quantitative estimate of drug-likeness (QED) is 0.756. The fraction of sp³-hybridized carbons (Fsp3) is 1.00. The SMILES string of the molecule is CCN1CCC(CN)(N2CCN(C)CC2)CC1. The maximum atomic E-state index is 6.12. The molecule has 0 unspecified atom stereocenters. The molecule has 0 atom stereocenters. The van der Waals surface area contributed by atoms with Crippen LogP contribution in [0.5, 0.6) is 0 Å². The third kappa shape index (κ3) is 2.81. The van der Waals surface area contributed by atoms with Crippen LogP contribution in [0.1, 0.15) is 19.8 Å². The standard InChI is InChI=1S/C13H28N4/c1-3-16-6-4-13(12-14,5-7-16)17-10-8-15(2)9-11-17/h3-12,14H2,1-2H3. The van der Waals surface area contributed by atoms with Crippen molar-refractivity contribution in [3.63, 3.8) is 0 Å². The number of hydrogen-bond acceptors (Lipinski definition) is 4. The highest BCUT2D eigenvalue weighted by atomic mass is 15.3. The summed E-state index contributed by atoms with van der Waals surface area (Å²) in [4.78, 5) is 7.63. The fourth-order valence-electron chi connectivity index (χ4n) is 3.22. The highest BCUT2D eigenvalue weighted by Gasteiger charge is 2.39. The van der Waals surface area contributed by atoms with E-state index in [2.05, 4.69) is 28.7 Å². The first-order valence-electron chi connectivity index (χ1n) is 7.06. The van der Waals surface area contributed by atoms with Crippen molar-refractivity contribution in [3.8, 4) is 0 Å². The van der Waals surface area contributed by atoms with E-state index in [1.165, 1.54) is 58.7 Å². The van der Waals surface area contributed by atoms with Crippen LogP contribution in [0.2, 0.25) is 0 Å². The molecule has 4 heteroatoms. The zero-order chi connectivity index (χ0) is 12.3. The summed E-state index contributed by atoms with van der Waals surface area (Å²) in [5.41, 5.74) is 6.42. The highest BCUT2D eigenvalue weighted by molar-refractivity contribution is 4.97. The number of piperidine rings is 1. The van der Waals surface area contributed by atoms with E-state index in [-0.39, 0.29) is 0 Å². The van der Waals surface area contributed by atoms with Gasteiger partial charge in [-0.2, -0.15) is 0 Å². The molecule has 0 spiro atoms. The molecule has 2 aliphatic rings. The molecule has 0 aliphatic carbocycles. The maximum absolute atomic E-state index is 6.12. The van der Waals surface area contributed by atoms with E-state index in [0.717, 1.165) is 6.54 Å². The van der Waals surface area contributed by atoms with Gasteiger partial charge in [-0.1, -0.05) is 6.92 Å². The van der Waals surface area contributed by atoms with Gasteiger partial charge in [0.05, 0.1) is 0 Å². The molecular weight excluding hydrogens is 212 g/mol. The Morgan fingerprint density at radius 2 is 1.59 bits per heavy atom. The molecule has 2 heterocycles. The average molecular weight is 240 g/mol. The lowest BCUT2D eigenvalue weighted by molar-refractivity contribution is 0.000113. The molecule has 2 fully saturated rings. The van der Waals surface area contributed by atoms with E-state index >= 15 is 0 Å². The normalized spacial score (nSPS) is 28.4. The maximum Gasteiger partial charge on any atom is 0.0357 e. The lowest BCUT2D eigenvalue weighted by Gasteiger charge is -2.50. The Kier molecular flexibility index (Phi) is 4.42. The second-order valence-electron chi connectivity index (χ2n) is 5.65. The predicted octanol–water partition coefficient (Wildman–Crippen LogP) is 0.0470. The lowest BCUT2D eigenvalue weighted by Crippen LogP contribution is -2.63. The van der Waals surface area contributed by atoms with Crippen molar-refractivity contribution in [2.75, 3.05) is 59.4 Å². The van der Waals surface area contributed by atoms with Crippen molar-refractivity contribution in [3.05, 3.63) is 0 Å². The molecule has 0 aromatic rings. The molecule has 0 amide bonds. The second-order valence-corrected chi connectivity index (χ2v) is 5.65. The molecule has 0 aromatic heterocycles. The van der Waals surface area contributed by atoms with Gasteiger partial charge in [0.15, 0.2) is 0 Å². The summed E-state index contributed by atoms with van der Waals surface area (Å²) in [6, 6.07) is 0. The van der Waals surface area contributed by atoms with Gasteiger partial charge in [-0.15, -0.1) is 0 Å². The number of nitrogens with zero attached hydrogens (tertiary/aromatic N) is 3. The summed E-state index contributed by atoms with van der Waals surface area (Å²) in [7, 11) is 2.21. The van der Waals surface area contributed by atoms with E-state index in [1.807, 2.05) is 0 Å². The molecule has 0 saturated carbocycles. The zero-order valence-corrected chi connectivity index (χ0v) is 11.5. The second kappa shape index (κ2) is 5.65. The van der Waals surface area contributed by atoms with Crippen molar-refractivity contribution in [2.45, 2.75) is 25.3 Å². The Morgan fingerprint density at radius 3 is 2.06 bits per heavy atom. The molecule has 2 aliphatic heterocycles. The van der Waals surface area contributed by atoms with Gasteiger partial charge in [0.1, 0.15) is 0 Å². The first-order valence-corrected chi connectivity index (χ1v) is 7.06. The van der Waals surface area contributed by atoms with E-state index in [0.29, 0.717) is 5.54 Å². The van der Waals surface area contributed by atoms with E-state index < -0.39 is 0 Å². The smallest absolute Gasteiger partial charge is 0.0357 e. The minimum Gasteiger partial charge on any atom is -0.329 e. The summed E-state index contributed by atoms with van der Waals surface area (Å²) in [5, 5.41) is 0. The molecule has 2 rings (SSSR count). The summed E-state index contributed by atoms with van der Waals surface area (Å²) in [5.74, 6) is 0. The summed E-state index contributed by atoms with van der Waals surface area (Å²) in [6.45, 7) is 11.5. The monoisotopic (exact) mass is 240 g/mol. The van der Waals surface area contributed by atoms with E-state index in [1.54, 1.807) is 0 Å². The molecule has 0 bridgehead atoms. The Balaban J connectivity index is 1.95. The largest absolute Gasteiger partial charge is 0.329 e. The number of likely N-dealkylation sites (N-methyl/N-ethyl adjacent to an activating group) is 1. The molecule has 0 radical (unpaired) electrons. The Hall–Kier alpha value is -0.160. The van der Waals surface area contributed by atoms with Crippen molar-refractivity contribution in [2.24, 2.45) is 5.73 Å². The van der Waals surface area contributed by atoms with E-state index in [9.17, 15) is 0 Å². The van der Waals surface area contributed by atoms with Crippen molar-refractivity contribution in [1.82, 2.24) is 14.7 Å². The molecular formula is C13H28N4. The zero-order valence-electron chi connectivity index (χ0n) is 11.5. The van der Waals surface area contributed by atoms with Crippen LogP contribution in [0.25, 0.3) is 0 Å². The van der Waals surface area contributed by atoms with Crippen LogP contribution < -0.4 is 5.73 Å². The molecule has 4 nitrogen and oxygen atoms in total. The molecule has 100 valence electrons. The van der Waals surface area contributed by atoms with Gasteiger partial charge >= 0.3 is 0 Å². The van der Waals surface area contributed by atoms with Gasteiger partial charge in [-0.25, -0.2) is 0 Å². The predicted molar refractivity (Wildman–Crippen MR) is 72.2 cm³/mol. The topological polar surface area (TPSA) is 35.7 Å². The van der Waals surface area contributed by atoms with Crippen LogP contribution in [-0.4, -0.2) is 79.6 Å². The Morgan fingerprint density at radius 1 is 1.00 bits per heavy atom. The number of nitrogens with two attached hydrogens (primary N) is 1. The van der Waals surface area contributed by atoms with Gasteiger partial charge < -0.3 is 15.5 Å². The van der Waals surface area contributed by atoms with Crippen LogP contribution in [0.15, 0.2) is 0 Å². The third-order valence-electron chi connectivity index (χ3n) is 4.79. The first kappa shape index (κ1) is 13.3. The number of hydrogen-bond donors (Lipinski definition) is 1. The fourth-order valence-corrected chi connectivity index (χ4v) is 3.22. The number of likely N-dealkylation sites (tertiary alicyclic amines) is 1.